The predicted octanol–water partition coefficient (Wildman–Crippen LogP) is 9.49. The van der Waals surface area contributed by atoms with Crippen LogP contribution in [0.3, 0.4) is 0 Å². The summed E-state index contributed by atoms with van der Waals surface area (Å²) in [5.41, 5.74) is 9.41. The van der Waals surface area contributed by atoms with Crippen LogP contribution in [0.2, 0.25) is 0 Å². The summed E-state index contributed by atoms with van der Waals surface area (Å²) in [4.78, 5) is 4.29. The second-order valence-corrected chi connectivity index (χ2v) is 9.75. The molecule has 0 aliphatic carbocycles. The van der Waals surface area contributed by atoms with Crippen LogP contribution in [0, 0.1) is 0 Å². The molecule has 0 aliphatic rings. The van der Waals surface area contributed by atoms with Gasteiger partial charge >= 0.3 is 0 Å². The van der Waals surface area contributed by atoms with E-state index in [1.807, 2.05) is 36.5 Å². The summed E-state index contributed by atoms with van der Waals surface area (Å²) in [6, 6.07) is 42.3. The van der Waals surface area contributed by atoms with Crippen molar-refractivity contribution in [2.75, 3.05) is 5.32 Å². The molecule has 0 saturated carbocycles. The third-order valence-electron chi connectivity index (χ3n) is 7.47. The molecule has 184 valence electrons. The molecule has 0 fully saturated rings. The highest BCUT2D eigenvalue weighted by Crippen LogP contribution is 2.43. The summed E-state index contributed by atoms with van der Waals surface area (Å²) in [6.07, 6.45) is 3.63. The molecule has 0 unspecified atom stereocenters. The summed E-state index contributed by atoms with van der Waals surface area (Å²) < 4.78 is 8.89. The lowest BCUT2D eigenvalue weighted by atomic mass is 10.1. The van der Waals surface area contributed by atoms with Crippen molar-refractivity contribution in [3.05, 3.63) is 134 Å². The topological polar surface area (TPSA) is 43.0 Å². The third kappa shape index (κ3) is 3.42. The van der Waals surface area contributed by atoms with E-state index in [4.69, 9.17) is 4.42 Å². The summed E-state index contributed by atoms with van der Waals surface area (Å²) >= 11 is 0. The summed E-state index contributed by atoms with van der Waals surface area (Å²) in [5.74, 6) is 0. The number of furan rings is 1. The maximum Gasteiger partial charge on any atom is 0.160 e. The van der Waals surface area contributed by atoms with Crippen molar-refractivity contribution in [1.82, 2.24) is 9.55 Å². The van der Waals surface area contributed by atoms with Gasteiger partial charge in [-0.25, -0.2) is 0 Å². The van der Waals surface area contributed by atoms with Gasteiger partial charge in [0.15, 0.2) is 5.58 Å². The molecule has 8 rings (SSSR count). The van der Waals surface area contributed by atoms with Gasteiger partial charge in [-0.15, -0.1) is 0 Å². The molecule has 0 aliphatic heterocycles. The molecule has 8 aromatic rings. The molecular formula is C35H23N3O. The zero-order valence-corrected chi connectivity index (χ0v) is 21.0. The Morgan fingerprint density at radius 2 is 1.41 bits per heavy atom. The Morgan fingerprint density at radius 3 is 2.26 bits per heavy atom. The summed E-state index contributed by atoms with van der Waals surface area (Å²) in [6.45, 7) is 0. The van der Waals surface area contributed by atoms with Gasteiger partial charge in [0.2, 0.25) is 0 Å². The lowest BCUT2D eigenvalue weighted by Crippen LogP contribution is -1.95. The second kappa shape index (κ2) is 8.61. The van der Waals surface area contributed by atoms with Crippen LogP contribution in [0.4, 0.5) is 11.4 Å². The van der Waals surface area contributed by atoms with Gasteiger partial charge in [0.25, 0.3) is 0 Å². The number of fused-ring (bicyclic) bond motifs is 7. The van der Waals surface area contributed by atoms with Crippen LogP contribution in [0.5, 0.6) is 0 Å². The number of nitrogens with zero attached hydrogens (tertiary/aromatic N) is 2. The quantitative estimate of drug-likeness (QED) is 0.261. The molecule has 3 aromatic heterocycles. The van der Waals surface area contributed by atoms with E-state index in [2.05, 4.69) is 106 Å². The fourth-order valence-corrected chi connectivity index (χ4v) is 5.73. The van der Waals surface area contributed by atoms with Crippen LogP contribution in [0.15, 0.2) is 138 Å². The summed E-state index contributed by atoms with van der Waals surface area (Å²) in [5, 5.41) is 8.12. The fraction of sp³-hybridized carbons (Fsp3) is 0. The minimum Gasteiger partial charge on any atom is -0.454 e. The number of aromatic nitrogens is 2. The molecule has 0 amide bonds. The number of benzene rings is 5. The largest absolute Gasteiger partial charge is 0.454 e. The highest BCUT2D eigenvalue weighted by molar-refractivity contribution is 6.24. The number of rotatable bonds is 4. The Labute approximate surface area is 224 Å². The third-order valence-corrected chi connectivity index (χ3v) is 7.47. The molecule has 39 heavy (non-hydrogen) atoms. The molecule has 4 nitrogen and oxygen atoms in total. The van der Waals surface area contributed by atoms with Crippen LogP contribution in [0.25, 0.3) is 60.6 Å². The van der Waals surface area contributed by atoms with Crippen molar-refractivity contribution < 1.29 is 4.42 Å². The Balaban J connectivity index is 1.44. The van der Waals surface area contributed by atoms with E-state index in [0.717, 1.165) is 60.8 Å². The van der Waals surface area contributed by atoms with Crippen LogP contribution in [0.1, 0.15) is 0 Å². The van der Waals surface area contributed by atoms with Crippen LogP contribution in [-0.4, -0.2) is 9.55 Å². The van der Waals surface area contributed by atoms with E-state index in [1.54, 1.807) is 6.20 Å². The van der Waals surface area contributed by atoms with E-state index in [9.17, 15) is 0 Å². The number of nitrogens with one attached hydrogen (secondary N) is 1. The maximum absolute atomic E-state index is 6.56. The van der Waals surface area contributed by atoms with Gasteiger partial charge in [0, 0.05) is 39.1 Å². The van der Waals surface area contributed by atoms with Crippen LogP contribution >= 0.6 is 0 Å². The number of anilines is 2. The minimum absolute atomic E-state index is 0.893. The fourth-order valence-electron chi connectivity index (χ4n) is 5.73. The zero-order valence-electron chi connectivity index (χ0n) is 21.0. The van der Waals surface area contributed by atoms with Crippen molar-refractivity contribution in [3.63, 3.8) is 0 Å². The first-order valence-corrected chi connectivity index (χ1v) is 13.1. The number of para-hydroxylation sites is 1. The van der Waals surface area contributed by atoms with E-state index >= 15 is 0 Å². The van der Waals surface area contributed by atoms with E-state index < -0.39 is 0 Å². The van der Waals surface area contributed by atoms with Crippen LogP contribution in [-0.2, 0) is 0 Å². The number of hydrogen-bond donors (Lipinski definition) is 1. The highest BCUT2D eigenvalue weighted by Gasteiger charge is 2.20. The van der Waals surface area contributed by atoms with E-state index in [1.165, 1.54) is 11.1 Å². The van der Waals surface area contributed by atoms with Crippen molar-refractivity contribution >= 4 is 55.1 Å². The molecule has 3 heterocycles. The lowest BCUT2D eigenvalue weighted by Gasteiger charge is -2.11. The van der Waals surface area contributed by atoms with Crippen molar-refractivity contribution in [2.45, 2.75) is 0 Å². The van der Waals surface area contributed by atoms with Gasteiger partial charge < -0.3 is 14.3 Å². The first kappa shape index (κ1) is 21.7. The minimum atomic E-state index is 0.893. The average Bonchev–Trinajstić information content (AvgIpc) is 3.55. The molecule has 0 bridgehead atoms. The summed E-state index contributed by atoms with van der Waals surface area (Å²) in [7, 11) is 0. The standard InChI is InChI=1S/C35H23N3O/c1-2-8-23(9-3-1)24-15-17-26(18-16-24)38-31-13-6-12-30(37-25-10-7-21-36-22-25)33(31)29-20-19-28-27-11-4-5-14-32(27)39-35(28)34(29)38/h1-22,37H. The molecule has 0 spiro atoms. The Hall–Kier alpha value is -5.35. The average molecular weight is 502 g/mol. The van der Waals surface area contributed by atoms with E-state index in [-0.39, 0.29) is 0 Å². The van der Waals surface area contributed by atoms with Crippen molar-refractivity contribution in [1.29, 1.82) is 0 Å². The molecule has 0 atom stereocenters. The SMILES string of the molecule is c1ccc(-c2ccc(-n3c4cccc(Nc5cccnc5)c4c4ccc5c6ccccc6oc5c43)cc2)cc1. The molecule has 1 N–H and O–H groups in total. The normalized spacial score (nSPS) is 11.6. The maximum atomic E-state index is 6.56. The molecule has 0 saturated heterocycles. The molecular weight excluding hydrogens is 478 g/mol. The van der Waals surface area contributed by atoms with Crippen molar-refractivity contribution in [2.24, 2.45) is 0 Å². The lowest BCUT2D eigenvalue weighted by molar-refractivity contribution is 0.671. The van der Waals surface area contributed by atoms with Gasteiger partial charge in [-0.3, -0.25) is 4.98 Å². The zero-order chi connectivity index (χ0) is 25.8. The first-order chi connectivity index (χ1) is 19.3. The number of hydrogen-bond acceptors (Lipinski definition) is 3. The van der Waals surface area contributed by atoms with Gasteiger partial charge in [-0.05, 0) is 59.7 Å². The number of pyridine rings is 1. The molecule has 0 radical (unpaired) electrons. The Morgan fingerprint density at radius 1 is 0.615 bits per heavy atom. The predicted molar refractivity (Wildman–Crippen MR) is 161 cm³/mol. The van der Waals surface area contributed by atoms with Crippen molar-refractivity contribution in [3.8, 4) is 16.8 Å². The van der Waals surface area contributed by atoms with Gasteiger partial charge in [-0.1, -0.05) is 72.8 Å². The smallest absolute Gasteiger partial charge is 0.160 e. The van der Waals surface area contributed by atoms with Gasteiger partial charge in [-0.2, -0.15) is 0 Å². The van der Waals surface area contributed by atoms with Gasteiger partial charge in [0.05, 0.1) is 22.9 Å². The molecule has 4 heteroatoms. The Bertz CT molecular complexity index is 2120. The van der Waals surface area contributed by atoms with Gasteiger partial charge in [0.1, 0.15) is 5.58 Å². The highest BCUT2D eigenvalue weighted by atomic mass is 16.3. The van der Waals surface area contributed by atoms with E-state index in [0.29, 0.717) is 0 Å². The monoisotopic (exact) mass is 501 g/mol. The Kier molecular flexibility index (Phi) is 4.79. The molecule has 5 aromatic carbocycles. The van der Waals surface area contributed by atoms with Crippen LogP contribution < -0.4 is 5.32 Å². The first-order valence-electron chi connectivity index (χ1n) is 13.1. The second-order valence-electron chi connectivity index (χ2n) is 9.75.